The van der Waals surface area contributed by atoms with E-state index in [-0.39, 0.29) is 24.5 Å². The zero-order valence-corrected chi connectivity index (χ0v) is 12.3. The van der Waals surface area contributed by atoms with Gasteiger partial charge >= 0.3 is 12.0 Å². The summed E-state index contributed by atoms with van der Waals surface area (Å²) in [5, 5.41) is 8.86. The van der Waals surface area contributed by atoms with Crippen LogP contribution in [0.25, 0.3) is 0 Å². The average Bonchev–Trinajstić information content (AvgIpc) is 2.23. The van der Waals surface area contributed by atoms with Gasteiger partial charge in [-0.15, -0.1) is 0 Å². The van der Waals surface area contributed by atoms with E-state index in [1.807, 2.05) is 34.6 Å². The van der Waals surface area contributed by atoms with Gasteiger partial charge in [0.05, 0.1) is 0 Å². The van der Waals surface area contributed by atoms with Crippen molar-refractivity contribution in [1.29, 1.82) is 0 Å². The molecule has 0 saturated carbocycles. The molecule has 0 rings (SSSR count). The van der Waals surface area contributed by atoms with Gasteiger partial charge in [-0.1, -0.05) is 27.7 Å². The second-order valence-electron chi connectivity index (χ2n) is 5.55. The van der Waals surface area contributed by atoms with Gasteiger partial charge in [0, 0.05) is 19.6 Å². The Balaban J connectivity index is 4.77. The Kier molecular flexibility index (Phi) is 6.73. The Morgan fingerprint density at radius 3 is 1.94 bits per heavy atom. The quantitative estimate of drug-likeness (QED) is 0.794. The fourth-order valence-corrected chi connectivity index (χ4v) is 1.66. The van der Waals surface area contributed by atoms with E-state index in [2.05, 4.69) is 0 Å². The minimum Gasteiger partial charge on any atom is -0.480 e. The number of amides is 2. The first-order valence-corrected chi connectivity index (χ1v) is 6.40. The Labute approximate surface area is 110 Å². The summed E-state index contributed by atoms with van der Waals surface area (Å²) in [6, 6.07) is -0.131. The highest BCUT2D eigenvalue weighted by molar-refractivity contribution is 5.80. The number of carbonyl (C=O) groups is 2. The minimum atomic E-state index is -0.977. The van der Waals surface area contributed by atoms with Gasteiger partial charge in [0.15, 0.2) is 0 Å². The van der Waals surface area contributed by atoms with E-state index in [0.717, 1.165) is 0 Å². The molecule has 0 aliphatic carbocycles. The summed E-state index contributed by atoms with van der Waals surface area (Å²) in [5.74, 6) is -0.393. The molecule has 0 aromatic heterocycles. The maximum Gasteiger partial charge on any atom is 0.323 e. The Morgan fingerprint density at radius 2 is 1.61 bits per heavy atom. The highest BCUT2D eigenvalue weighted by Gasteiger charge is 2.25. The molecule has 0 aromatic rings. The molecule has 18 heavy (non-hydrogen) atoms. The smallest absolute Gasteiger partial charge is 0.323 e. The Morgan fingerprint density at radius 1 is 1.11 bits per heavy atom. The van der Waals surface area contributed by atoms with Crippen LogP contribution in [-0.2, 0) is 4.79 Å². The number of nitrogens with zero attached hydrogens (tertiary/aromatic N) is 2. The third kappa shape index (κ3) is 5.38. The predicted octanol–water partition coefficient (Wildman–Crippen LogP) is 2.13. The number of hydrogen-bond acceptors (Lipinski definition) is 2. The first-order valence-electron chi connectivity index (χ1n) is 6.40. The molecule has 1 atom stereocenters. The summed E-state index contributed by atoms with van der Waals surface area (Å²) >= 11 is 0. The molecule has 0 aliphatic heterocycles. The SMILES string of the molecule is CC(C)CN(CC(=O)O)C(=O)N(C)C(C)C(C)C. The summed E-state index contributed by atoms with van der Waals surface area (Å²) in [4.78, 5) is 26.1. The van der Waals surface area contributed by atoms with Crippen molar-refractivity contribution < 1.29 is 14.7 Å². The highest BCUT2D eigenvalue weighted by atomic mass is 16.4. The summed E-state index contributed by atoms with van der Waals surface area (Å²) in [5.41, 5.74) is 0. The minimum absolute atomic E-state index is 0.0842. The van der Waals surface area contributed by atoms with E-state index in [9.17, 15) is 9.59 Å². The Bertz CT molecular complexity index is 290. The van der Waals surface area contributed by atoms with E-state index in [1.54, 1.807) is 11.9 Å². The van der Waals surface area contributed by atoms with E-state index >= 15 is 0 Å². The lowest BCUT2D eigenvalue weighted by Gasteiger charge is -2.33. The van der Waals surface area contributed by atoms with Crippen LogP contribution in [0.3, 0.4) is 0 Å². The van der Waals surface area contributed by atoms with E-state index in [0.29, 0.717) is 12.5 Å². The molecular formula is C13H26N2O3. The normalized spacial score (nSPS) is 12.7. The molecule has 0 saturated heterocycles. The number of carboxylic acids is 1. The zero-order valence-electron chi connectivity index (χ0n) is 12.3. The summed E-state index contributed by atoms with van der Waals surface area (Å²) in [6.45, 7) is 10.2. The van der Waals surface area contributed by atoms with Crippen LogP contribution in [0.4, 0.5) is 4.79 Å². The molecule has 0 aliphatic rings. The average molecular weight is 258 g/mol. The van der Waals surface area contributed by atoms with Crippen molar-refractivity contribution in [2.45, 2.75) is 40.7 Å². The van der Waals surface area contributed by atoms with Crippen molar-refractivity contribution in [1.82, 2.24) is 9.80 Å². The molecule has 0 heterocycles. The number of urea groups is 1. The van der Waals surface area contributed by atoms with Crippen molar-refractivity contribution in [3.63, 3.8) is 0 Å². The van der Waals surface area contributed by atoms with Gasteiger partial charge in [0.2, 0.25) is 0 Å². The van der Waals surface area contributed by atoms with Crippen LogP contribution in [-0.4, -0.2) is 53.1 Å². The van der Waals surface area contributed by atoms with Gasteiger partial charge in [-0.2, -0.15) is 0 Å². The first kappa shape index (κ1) is 16.7. The summed E-state index contributed by atoms with van der Waals surface area (Å²) in [6.07, 6.45) is 0. The van der Waals surface area contributed by atoms with Crippen LogP contribution in [0.15, 0.2) is 0 Å². The predicted molar refractivity (Wildman–Crippen MR) is 71.5 cm³/mol. The number of aliphatic carboxylic acids is 1. The topological polar surface area (TPSA) is 60.9 Å². The lowest BCUT2D eigenvalue weighted by atomic mass is 10.1. The molecule has 5 heteroatoms. The third-order valence-corrected chi connectivity index (χ3v) is 3.06. The molecule has 0 bridgehead atoms. The van der Waals surface area contributed by atoms with Crippen LogP contribution in [0.2, 0.25) is 0 Å². The molecule has 5 nitrogen and oxygen atoms in total. The van der Waals surface area contributed by atoms with E-state index < -0.39 is 5.97 Å². The number of carbonyl (C=O) groups excluding carboxylic acids is 1. The molecular weight excluding hydrogens is 232 g/mol. The van der Waals surface area contributed by atoms with Crippen LogP contribution in [0, 0.1) is 11.8 Å². The molecule has 0 aromatic carbocycles. The van der Waals surface area contributed by atoms with E-state index in [1.165, 1.54) is 4.90 Å². The van der Waals surface area contributed by atoms with Gasteiger partial charge in [-0.3, -0.25) is 4.79 Å². The number of rotatable bonds is 6. The monoisotopic (exact) mass is 258 g/mol. The number of hydrogen-bond donors (Lipinski definition) is 1. The largest absolute Gasteiger partial charge is 0.480 e. The molecule has 0 fully saturated rings. The van der Waals surface area contributed by atoms with Crippen molar-refractivity contribution >= 4 is 12.0 Å². The Hall–Kier alpha value is -1.26. The van der Waals surface area contributed by atoms with Gasteiger partial charge < -0.3 is 14.9 Å². The molecule has 106 valence electrons. The second-order valence-corrected chi connectivity index (χ2v) is 5.55. The molecule has 0 spiro atoms. The van der Waals surface area contributed by atoms with Crippen molar-refractivity contribution in [2.75, 3.05) is 20.1 Å². The fraction of sp³-hybridized carbons (Fsp3) is 0.846. The fourth-order valence-electron chi connectivity index (χ4n) is 1.66. The summed E-state index contributed by atoms with van der Waals surface area (Å²) in [7, 11) is 1.72. The molecule has 1 N–H and O–H groups in total. The van der Waals surface area contributed by atoms with Gasteiger partial charge in [0.25, 0.3) is 0 Å². The zero-order chi connectivity index (χ0) is 14.5. The van der Waals surface area contributed by atoms with E-state index in [4.69, 9.17) is 5.11 Å². The summed E-state index contributed by atoms with van der Waals surface area (Å²) < 4.78 is 0. The maximum atomic E-state index is 12.2. The first-order chi connectivity index (χ1) is 8.16. The lowest BCUT2D eigenvalue weighted by Crippen LogP contribution is -2.49. The highest BCUT2D eigenvalue weighted by Crippen LogP contribution is 2.11. The van der Waals surface area contributed by atoms with Gasteiger partial charge in [-0.25, -0.2) is 4.79 Å². The second kappa shape index (κ2) is 7.24. The molecule has 0 radical (unpaired) electrons. The van der Waals surface area contributed by atoms with Gasteiger partial charge in [-0.05, 0) is 18.8 Å². The third-order valence-electron chi connectivity index (χ3n) is 3.06. The van der Waals surface area contributed by atoms with Crippen LogP contribution >= 0.6 is 0 Å². The van der Waals surface area contributed by atoms with Crippen molar-refractivity contribution in [3.8, 4) is 0 Å². The van der Waals surface area contributed by atoms with Gasteiger partial charge in [0.1, 0.15) is 6.54 Å². The van der Waals surface area contributed by atoms with Crippen molar-refractivity contribution in [3.05, 3.63) is 0 Å². The number of carboxylic acid groups (broad SMARTS) is 1. The standard InChI is InChI=1S/C13H26N2O3/c1-9(2)7-15(8-12(16)17)13(18)14(6)11(5)10(3)4/h9-11H,7-8H2,1-6H3,(H,16,17). The molecule has 1 unspecified atom stereocenters. The van der Waals surface area contributed by atoms with Crippen molar-refractivity contribution in [2.24, 2.45) is 11.8 Å². The lowest BCUT2D eigenvalue weighted by molar-refractivity contribution is -0.137. The van der Waals surface area contributed by atoms with Crippen LogP contribution < -0.4 is 0 Å². The van der Waals surface area contributed by atoms with Crippen LogP contribution in [0.1, 0.15) is 34.6 Å². The maximum absolute atomic E-state index is 12.2. The van der Waals surface area contributed by atoms with Crippen LogP contribution in [0.5, 0.6) is 0 Å². The molecule has 2 amide bonds.